The van der Waals surface area contributed by atoms with Crippen LogP contribution in [0.5, 0.6) is 17.2 Å². The van der Waals surface area contributed by atoms with Gasteiger partial charge in [0.1, 0.15) is 24.5 Å². The maximum Gasteiger partial charge on any atom is 0.335 e. The van der Waals surface area contributed by atoms with Gasteiger partial charge in [-0.05, 0) is 101 Å². The van der Waals surface area contributed by atoms with Crippen molar-refractivity contribution in [2.75, 3.05) is 11.5 Å². The van der Waals surface area contributed by atoms with Crippen molar-refractivity contribution in [1.29, 1.82) is 0 Å². The topological polar surface area (TPSA) is 94.2 Å². The first-order chi connectivity index (χ1) is 21.6. The third kappa shape index (κ3) is 7.88. The van der Waals surface area contributed by atoms with Gasteiger partial charge in [-0.15, -0.1) is 0 Å². The highest BCUT2D eigenvalue weighted by atomic mass is 79.9. The Morgan fingerprint density at radius 1 is 0.844 bits per heavy atom. The molecular formula is C33H24Br2Cl2N2O6. The molecule has 5 rings (SSSR count). The first-order valence-electron chi connectivity index (χ1n) is 13.5. The van der Waals surface area contributed by atoms with Crippen LogP contribution in [0.3, 0.4) is 0 Å². The largest absolute Gasteiger partial charge is 0.490 e. The summed E-state index contributed by atoms with van der Waals surface area (Å²) >= 11 is 19.2. The van der Waals surface area contributed by atoms with Crippen molar-refractivity contribution >= 4 is 84.7 Å². The van der Waals surface area contributed by atoms with Crippen molar-refractivity contribution in [3.63, 3.8) is 0 Å². The number of carbonyl (C=O) groups excluding carboxylic acids is 3. The van der Waals surface area contributed by atoms with Gasteiger partial charge in [0.25, 0.3) is 11.8 Å². The molecule has 0 radical (unpaired) electrons. The summed E-state index contributed by atoms with van der Waals surface area (Å²) < 4.78 is 19.1. The number of hydrogen-bond acceptors (Lipinski definition) is 6. The molecule has 4 aromatic carbocycles. The molecule has 0 aromatic heterocycles. The van der Waals surface area contributed by atoms with E-state index >= 15 is 0 Å². The van der Waals surface area contributed by atoms with Gasteiger partial charge >= 0.3 is 6.03 Å². The molecule has 12 heteroatoms. The average Bonchev–Trinajstić information content (AvgIpc) is 3.00. The fourth-order valence-corrected chi connectivity index (χ4v) is 5.66. The number of carbonyl (C=O) groups is 3. The van der Waals surface area contributed by atoms with Crippen LogP contribution >= 0.6 is 55.1 Å². The number of amides is 4. The van der Waals surface area contributed by atoms with Crippen LogP contribution in [0.1, 0.15) is 23.6 Å². The average molecular weight is 775 g/mol. The van der Waals surface area contributed by atoms with Crippen LogP contribution in [0.4, 0.5) is 10.5 Å². The van der Waals surface area contributed by atoms with Crippen LogP contribution in [0.25, 0.3) is 6.08 Å². The lowest BCUT2D eigenvalue weighted by Gasteiger charge is -2.26. The van der Waals surface area contributed by atoms with Gasteiger partial charge in [-0.1, -0.05) is 57.3 Å². The molecule has 4 amide bonds. The smallest absolute Gasteiger partial charge is 0.335 e. The van der Waals surface area contributed by atoms with Gasteiger partial charge in [-0.25, -0.2) is 9.69 Å². The Hall–Kier alpha value is -3.83. The molecule has 230 valence electrons. The highest BCUT2D eigenvalue weighted by molar-refractivity contribution is 9.10. The van der Waals surface area contributed by atoms with Crippen LogP contribution in [-0.2, 0) is 22.8 Å². The van der Waals surface area contributed by atoms with Crippen molar-refractivity contribution in [3.8, 4) is 17.2 Å². The quantitative estimate of drug-likeness (QED) is 0.128. The van der Waals surface area contributed by atoms with Gasteiger partial charge in [0.2, 0.25) is 0 Å². The summed E-state index contributed by atoms with van der Waals surface area (Å²) in [5.74, 6) is -0.267. The number of nitrogens with one attached hydrogen (secondary N) is 1. The molecule has 1 fully saturated rings. The van der Waals surface area contributed by atoms with E-state index < -0.39 is 17.8 Å². The number of urea groups is 1. The van der Waals surface area contributed by atoms with Crippen LogP contribution < -0.4 is 24.4 Å². The van der Waals surface area contributed by atoms with E-state index in [4.69, 9.17) is 37.4 Å². The van der Waals surface area contributed by atoms with Crippen LogP contribution in [-0.4, -0.2) is 24.5 Å². The maximum atomic E-state index is 13.5. The first kappa shape index (κ1) is 32.6. The Labute approximate surface area is 286 Å². The predicted octanol–water partition coefficient (Wildman–Crippen LogP) is 8.74. The van der Waals surface area contributed by atoms with Crippen molar-refractivity contribution in [1.82, 2.24) is 5.32 Å². The van der Waals surface area contributed by atoms with E-state index in [1.165, 1.54) is 6.08 Å². The van der Waals surface area contributed by atoms with Crippen molar-refractivity contribution < 1.29 is 28.6 Å². The van der Waals surface area contributed by atoms with Gasteiger partial charge in [-0.3, -0.25) is 14.9 Å². The summed E-state index contributed by atoms with van der Waals surface area (Å²) in [6.07, 6.45) is 1.39. The third-order valence-electron chi connectivity index (χ3n) is 6.55. The van der Waals surface area contributed by atoms with E-state index in [1.807, 2.05) is 31.2 Å². The molecule has 1 N–H and O–H groups in total. The normalized spacial score (nSPS) is 14.0. The molecule has 0 aliphatic carbocycles. The number of halogens is 4. The second-order valence-corrected chi connectivity index (χ2v) is 12.3. The highest BCUT2D eigenvalue weighted by Crippen LogP contribution is 2.39. The Kier molecular flexibility index (Phi) is 10.5. The van der Waals surface area contributed by atoms with Gasteiger partial charge in [0, 0.05) is 20.1 Å². The molecule has 0 atom stereocenters. The molecule has 1 aliphatic heterocycles. The zero-order valence-electron chi connectivity index (χ0n) is 23.6. The minimum absolute atomic E-state index is 0.140. The van der Waals surface area contributed by atoms with E-state index in [0.29, 0.717) is 50.5 Å². The third-order valence-corrected chi connectivity index (χ3v) is 8.25. The minimum Gasteiger partial charge on any atom is -0.490 e. The van der Waals surface area contributed by atoms with Gasteiger partial charge < -0.3 is 14.2 Å². The van der Waals surface area contributed by atoms with Gasteiger partial charge in [0.15, 0.2) is 11.5 Å². The Morgan fingerprint density at radius 2 is 1.58 bits per heavy atom. The Morgan fingerprint density at radius 3 is 2.27 bits per heavy atom. The summed E-state index contributed by atoms with van der Waals surface area (Å²) in [6, 6.07) is 21.7. The molecule has 1 saturated heterocycles. The molecule has 8 nitrogen and oxygen atoms in total. The van der Waals surface area contributed by atoms with E-state index in [2.05, 4.69) is 37.2 Å². The van der Waals surface area contributed by atoms with Gasteiger partial charge in [0.05, 0.1) is 16.8 Å². The van der Waals surface area contributed by atoms with Crippen molar-refractivity contribution in [3.05, 3.63) is 120 Å². The summed E-state index contributed by atoms with van der Waals surface area (Å²) in [7, 11) is 0. The number of benzene rings is 4. The lowest BCUT2D eigenvalue weighted by Crippen LogP contribution is -2.54. The molecule has 0 spiro atoms. The standard InChI is InChI=1S/C33H24Br2Cl2N2O6/c1-2-43-29-15-20(14-27(35)30(29)45-18-21-5-8-23(36)16-28(21)37)13-26-31(40)38-33(42)39(32(26)41)24-9-11-25(12-10-24)44-17-19-3-6-22(34)7-4-19/h3-16H,2,17-18H2,1H3,(H,38,40,42)/b26-13+. The van der Waals surface area contributed by atoms with Crippen LogP contribution in [0, 0.1) is 0 Å². The second kappa shape index (κ2) is 14.5. The fraction of sp³-hybridized carbons (Fsp3) is 0.121. The second-order valence-electron chi connectivity index (χ2n) is 9.65. The number of ether oxygens (including phenoxy) is 3. The number of hydrogen-bond donors (Lipinski definition) is 1. The maximum absolute atomic E-state index is 13.5. The van der Waals surface area contributed by atoms with E-state index in [1.54, 1.807) is 54.6 Å². The monoisotopic (exact) mass is 772 g/mol. The van der Waals surface area contributed by atoms with Crippen LogP contribution in [0.2, 0.25) is 10.0 Å². The van der Waals surface area contributed by atoms with E-state index in [-0.39, 0.29) is 17.9 Å². The van der Waals surface area contributed by atoms with Crippen LogP contribution in [0.15, 0.2) is 93.4 Å². The first-order valence-corrected chi connectivity index (χ1v) is 15.9. The number of imide groups is 2. The Balaban J connectivity index is 1.35. The molecule has 1 heterocycles. The van der Waals surface area contributed by atoms with Crippen molar-refractivity contribution in [2.45, 2.75) is 20.1 Å². The highest BCUT2D eigenvalue weighted by Gasteiger charge is 2.37. The number of barbiturate groups is 1. The molecule has 0 unspecified atom stereocenters. The number of nitrogens with zero attached hydrogens (tertiary/aromatic N) is 1. The number of anilines is 1. The lowest BCUT2D eigenvalue weighted by molar-refractivity contribution is -0.122. The molecular weight excluding hydrogens is 751 g/mol. The van der Waals surface area contributed by atoms with Gasteiger partial charge in [-0.2, -0.15) is 0 Å². The molecule has 4 aromatic rings. The molecule has 1 aliphatic rings. The summed E-state index contributed by atoms with van der Waals surface area (Å²) in [5.41, 5.74) is 2.20. The zero-order chi connectivity index (χ0) is 32.1. The lowest BCUT2D eigenvalue weighted by atomic mass is 10.1. The fourth-order valence-electron chi connectivity index (χ4n) is 4.36. The summed E-state index contributed by atoms with van der Waals surface area (Å²) in [4.78, 5) is 40.0. The summed E-state index contributed by atoms with van der Waals surface area (Å²) in [5, 5.41) is 3.21. The molecule has 0 bridgehead atoms. The SMILES string of the molecule is CCOc1cc(/C=C2\C(=O)NC(=O)N(c3ccc(OCc4ccc(Br)cc4)cc3)C2=O)cc(Br)c1OCc1ccc(Cl)cc1Cl. The van der Waals surface area contributed by atoms with Crippen molar-refractivity contribution in [2.24, 2.45) is 0 Å². The minimum atomic E-state index is -0.855. The zero-order valence-corrected chi connectivity index (χ0v) is 28.3. The summed E-state index contributed by atoms with van der Waals surface area (Å²) in [6.45, 7) is 2.63. The Bertz CT molecular complexity index is 1800. The van der Waals surface area contributed by atoms with E-state index in [0.717, 1.165) is 20.5 Å². The molecule has 45 heavy (non-hydrogen) atoms. The van der Waals surface area contributed by atoms with E-state index in [9.17, 15) is 14.4 Å². The molecule has 0 saturated carbocycles. The predicted molar refractivity (Wildman–Crippen MR) is 180 cm³/mol. The number of rotatable bonds is 10.